The number of halogens is 1. The zero-order valence-corrected chi connectivity index (χ0v) is 20.3. The molecule has 1 amide bonds. The Labute approximate surface area is 182 Å². The number of carbonyl (C=O) groups is 1. The number of nitrogens with one attached hydrogen (secondary N) is 2. The average molecular weight is 497 g/mol. The molecule has 7 nitrogen and oxygen atoms in total. The van der Waals surface area contributed by atoms with Gasteiger partial charge in [0.2, 0.25) is 0 Å². The third-order valence-corrected chi connectivity index (χ3v) is 4.21. The maximum Gasteiger partial charge on any atom is 0.410 e. The van der Waals surface area contributed by atoms with Crippen LogP contribution in [0.4, 0.5) is 4.79 Å². The molecule has 27 heavy (non-hydrogen) atoms. The summed E-state index contributed by atoms with van der Waals surface area (Å²) in [7, 11) is 1.81. The number of guanidine groups is 1. The van der Waals surface area contributed by atoms with Crippen LogP contribution in [0.5, 0.6) is 0 Å². The normalized spacial score (nSPS) is 16.1. The van der Waals surface area contributed by atoms with Gasteiger partial charge in [-0.3, -0.25) is 9.89 Å². The van der Waals surface area contributed by atoms with Crippen molar-refractivity contribution < 1.29 is 9.53 Å². The fourth-order valence-corrected chi connectivity index (χ4v) is 2.69. The molecule has 1 fully saturated rings. The van der Waals surface area contributed by atoms with Crippen LogP contribution in [0.3, 0.4) is 0 Å². The first-order chi connectivity index (χ1) is 12.2. The van der Waals surface area contributed by atoms with Crippen LogP contribution in [0.15, 0.2) is 4.99 Å². The van der Waals surface area contributed by atoms with Gasteiger partial charge in [-0.2, -0.15) is 0 Å². The number of hydrogen-bond acceptors (Lipinski definition) is 4. The molecule has 160 valence electrons. The lowest BCUT2D eigenvalue weighted by molar-refractivity contribution is 0.0145. The van der Waals surface area contributed by atoms with E-state index in [9.17, 15) is 4.79 Å². The molecular formula is C19H40IN5O2. The predicted molar refractivity (Wildman–Crippen MR) is 123 cm³/mol. The minimum atomic E-state index is -0.429. The van der Waals surface area contributed by atoms with E-state index in [2.05, 4.69) is 34.4 Å². The highest BCUT2D eigenvalue weighted by Crippen LogP contribution is 2.11. The molecule has 0 aliphatic carbocycles. The summed E-state index contributed by atoms with van der Waals surface area (Å²) >= 11 is 0. The minimum Gasteiger partial charge on any atom is -0.444 e. The second kappa shape index (κ2) is 13.4. The Morgan fingerprint density at radius 2 is 1.70 bits per heavy atom. The van der Waals surface area contributed by atoms with Crippen LogP contribution < -0.4 is 10.6 Å². The summed E-state index contributed by atoms with van der Waals surface area (Å²) in [6, 6.07) is 0. The summed E-state index contributed by atoms with van der Waals surface area (Å²) < 4.78 is 5.43. The largest absolute Gasteiger partial charge is 0.444 e. The topological polar surface area (TPSA) is 69.2 Å². The van der Waals surface area contributed by atoms with Crippen molar-refractivity contribution in [2.75, 3.05) is 52.9 Å². The lowest BCUT2D eigenvalue weighted by Gasteiger charge is -2.35. The number of rotatable bonds is 7. The maximum absolute atomic E-state index is 12.1. The SMILES string of the molecule is CN=C(NCCCN1CCN(C(=O)OC(C)(C)C)CC1)NCCC(C)C.I. The molecule has 0 atom stereocenters. The number of amides is 1. The first-order valence-electron chi connectivity index (χ1n) is 9.86. The smallest absolute Gasteiger partial charge is 0.410 e. The van der Waals surface area contributed by atoms with Gasteiger partial charge in [-0.25, -0.2) is 4.79 Å². The third kappa shape index (κ3) is 12.3. The Bertz CT molecular complexity index is 444. The van der Waals surface area contributed by atoms with Crippen molar-refractivity contribution in [2.24, 2.45) is 10.9 Å². The van der Waals surface area contributed by atoms with Gasteiger partial charge in [0.25, 0.3) is 0 Å². The van der Waals surface area contributed by atoms with Crippen LogP contribution in [-0.4, -0.2) is 80.3 Å². The predicted octanol–water partition coefficient (Wildman–Crippen LogP) is 2.76. The molecule has 1 saturated heterocycles. The zero-order valence-electron chi connectivity index (χ0n) is 18.0. The van der Waals surface area contributed by atoms with Gasteiger partial charge in [0.15, 0.2) is 5.96 Å². The highest BCUT2D eigenvalue weighted by molar-refractivity contribution is 14.0. The molecule has 0 radical (unpaired) electrons. The van der Waals surface area contributed by atoms with Crippen molar-refractivity contribution in [1.29, 1.82) is 0 Å². The Hall–Kier alpha value is -0.770. The molecule has 0 aromatic heterocycles. The van der Waals surface area contributed by atoms with Crippen molar-refractivity contribution in [3.8, 4) is 0 Å². The molecule has 0 bridgehead atoms. The molecule has 1 rings (SSSR count). The van der Waals surface area contributed by atoms with Crippen molar-refractivity contribution in [3.63, 3.8) is 0 Å². The quantitative estimate of drug-likeness (QED) is 0.245. The number of carbonyl (C=O) groups excluding carboxylic acids is 1. The average Bonchev–Trinajstić information content (AvgIpc) is 2.55. The molecule has 0 unspecified atom stereocenters. The summed E-state index contributed by atoms with van der Waals surface area (Å²) in [5.74, 6) is 1.57. The van der Waals surface area contributed by atoms with Gasteiger partial charge in [-0.1, -0.05) is 13.8 Å². The Morgan fingerprint density at radius 1 is 1.11 bits per heavy atom. The molecule has 1 heterocycles. The lowest BCUT2D eigenvalue weighted by atomic mass is 10.1. The van der Waals surface area contributed by atoms with E-state index in [1.165, 1.54) is 0 Å². The van der Waals surface area contributed by atoms with Gasteiger partial charge in [-0.05, 0) is 46.1 Å². The summed E-state index contributed by atoms with van der Waals surface area (Å²) in [4.78, 5) is 20.5. The van der Waals surface area contributed by atoms with Gasteiger partial charge >= 0.3 is 6.09 Å². The van der Waals surface area contributed by atoms with E-state index in [1.54, 1.807) is 11.9 Å². The molecule has 0 aromatic carbocycles. The Balaban J connectivity index is 0.00000676. The van der Waals surface area contributed by atoms with E-state index in [0.717, 1.165) is 64.6 Å². The van der Waals surface area contributed by atoms with E-state index in [-0.39, 0.29) is 30.1 Å². The van der Waals surface area contributed by atoms with Crippen LogP contribution in [0.1, 0.15) is 47.5 Å². The van der Waals surface area contributed by atoms with Crippen LogP contribution in [0.2, 0.25) is 0 Å². The molecule has 8 heteroatoms. The molecule has 1 aliphatic rings. The van der Waals surface area contributed by atoms with Crippen molar-refractivity contribution >= 4 is 36.0 Å². The van der Waals surface area contributed by atoms with Gasteiger partial charge in [0, 0.05) is 46.3 Å². The Morgan fingerprint density at radius 3 is 2.22 bits per heavy atom. The molecule has 0 spiro atoms. The molecule has 0 saturated carbocycles. The summed E-state index contributed by atoms with van der Waals surface area (Å²) in [6.07, 6.45) is 2.00. The van der Waals surface area contributed by atoms with Gasteiger partial charge < -0.3 is 20.3 Å². The third-order valence-electron chi connectivity index (χ3n) is 4.21. The van der Waals surface area contributed by atoms with Crippen LogP contribution in [-0.2, 0) is 4.74 Å². The number of nitrogens with zero attached hydrogens (tertiary/aromatic N) is 3. The molecule has 2 N–H and O–H groups in total. The highest BCUT2D eigenvalue weighted by Gasteiger charge is 2.25. The van der Waals surface area contributed by atoms with E-state index in [0.29, 0.717) is 5.92 Å². The van der Waals surface area contributed by atoms with Crippen molar-refractivity contribution in [3.05, 3.63) is 0 Å². The van der Waals surface area contributed by atoms with E-state index in [1.807, 2.05) is 20.8 Å². The van der Waals surface area contributed by atoms with Crippen molar-refractivity contribution in [1.82, 2.24) is 20.4 Å². The molecule has 0 aromatic rings. The lowest BCUT2D eigenvalue weighted by Crippen LogP contribution is -2.50. The fourth-order valence-electron chi connectivity index (χ4n) is 2.69. The minimum absolute atomic E-state index is 0. The number of ether oxygens (including phenoxy) is 1. The second-order valence-electron chi connectivity index (χ2n) is 8.27. The standard InChI is InChI=1S/C19H39N5O2.HI/c1-16(2)8-10-22-17(20-6)21-9-7-11-23-12-14-24(15-13-23)18(25)26-19(3,4)5;/h16H,7-15H2,1-6H3,(H2,20,21,22);1H. The Kier molecular flexibility index (Phi) is 13.0. The van der Waals surface area contributed by atoms with Crippen molar-refractivity contribution in [2.45, 2.75) is 53.1 Å². The number of aliphatic imine (C=N–C) groups is 1. The number of hydrogen-bond donors (Lipinski definition) is 2. The summed E-state index contributed by atoms with van der Waals surface area (Å²) in [6.45, 7) is 16.3. The van der Waals surface area contributed by atoms with Crippen LogP contribution in [0, 0.1) is 5.92 Å². The zero-order chi connectivity index (χ0) is 19.6. The summed E-state index contributed by atoms with van der Waals surface area (Å²) in [5.41, 5.74) is -0.429. The molecular weight excluding hydrogens is 457 g/mol. The van der Waals surface area contributed by atoms with Gasteiger partial charge in [0.1, 0.15) is 5.60 Å². The monoisotopic (exact) mass is 497 g/mol. The van der Waals surface area contributed by atoms with Gasteiger partial charge in [0.05, 0.1) is 0 Å². The highest BCUT2D eigenvalue weighted by atomic mass is 127. The first kappa shape index (κ1) is 26.2. The van der Waals surface area contributed by atoms with E-state index < -0.39 is 5.60 Å². The van der Waals surface area contributed by atoms with E-state index in [4.69, 9.17) is 4.74 Å². The summed E-state index contributed by atoms with van der Waals surface area (Å²) in [5, 5.41) is 6.71. The second-order valence-corrected chi connectivity index (χ2v) is 8.27. The van der Waals surface area contributed by atoms with Gasteiger partial charge in [-0.15, -0.1) is 24.0 Å². The fraction of sp³-hybridized carbons (Fsp3) is 0.895. The first-order valence-corrected chi connectivity index (χ1v) is 9.86. The van der Waals surface area contributed by atoms with Crippen LogP contribution in [0.25, 0.3) is 0 Å². The maximum atomic E-state index is 12.1. The van der Waals surface area contributed by atoms with E-state index >= 15 is 0 Å². The molecule has 1 aliphatic heterocycles. The number of piperazine rings is 1. The van der Waals surface area contributed by atoms with Crippen LogP contribution >= 0.6 is 24.0 Å².